The van der Waals surface area contributed by atoms with Crippen molar-refractivity contribution in [3.8, 4) is 11.6 Å². The Labute approximate surface area is 202 Å². The standard InChI is InChI=1S/C24H17BrClNO6/c1-32-21-19-15(11-16(26)27-21)33-24(13-7-9-14(25)10-8-13)18(12-5-3-2-4-6-12)17(22(29)30)20(28)23(19,24)31/h2-11,17-18,31H,1H3,(H,29,30)/t17-,18-,23+,24+/m1/s1. The molecule has 168 valence electrons. The van der Waals surface area contributed by atoms with Gasteiger partial charge >= 0.3 is 5.97 Å². The maximum atomic E-state index is 13.9. The van der Waals surface area contributed by atoms with Crippen LogP contribution in [0, 0.1) is 5.92 Å². The van der Waals surface area contributed by atoms with Gasteiger partial charge in [0.2, 0.25) is 11.5 Å². The fraction of sp³-hybridized carbons (Fsp3) is 0.208. The number of ketones is 1. The topological polar surface area (TPSA) is 106 Å². The Hall–Kier alpha value is -2.94. The van der Waals surface area contributed by atoms with E-state index < -0.39 is 34.8 Å². The Balaban J connectivity index is 1.91. The van der Waals surface area contributed by atoms with Gasteiger partial charge in [-0.25, -0.2) is 4.98 Å². The molecule has 2 heterocycles. The number of halogens is 2. The Bertz CT molecular complexity index is 1280. The first kappa shape index (κ1) is 21.9. The SMILES string of the molecule is COc1nc(Cl)cc2c1[C@]1(O)C(=O)[C@H](C(=O)O)[C@@H](c3ccccc3)[C@]1(c1ccc(Br)cc1)O2. The first-order valence-electron chi connectivity index (χ1n) is 10.00. The summed E-state index contributed by atoms with van der Waals surface area (Å²) in [6.07, 6.45) is 0. The quantitative estimate of drug-likeness (QED) is 0.387. The summed E-state index contributed by atoms with van der Waals surface area (Å²) in [6.45, 7) is 0. The highest BCUT2D eigenvalue weighted by Crippen LogP contribution is 2.68. The number of carbonyl (C=O) groups excluding carboxylic acids is 1. The smallest absolute Gasteiger partial charge is 0.314 e. The maximum absolute atomic E-state index is 13.9. The second-order valence-corrected chi connectivity index (χ2v) is 9.25. The Morgan fingerprint density at radius 2 is 1.85 bits per heavy atom. The van der Waals surface area contributed by atoms with Crippen LogP contribution < -0.4 is 9.47 Å². The van der Waals surface area contributed by atoms with Gasteiger partial charge in [0.15, 0.2) is 11.4 Å². The number of aliphatic hydroxyl groups is 1. The molecule has 3 aromatic rings. The second kappa shape index (κ2) is 7.55. The van der Waals surface area contributed by atoms with Gasteiger partial charge in [0.1, 0.15) is 16.8 Å². The maximum Gasteiger partial charge on any atom is 0.314 e. The van der Waals surface area contributed by atoms with Crippen molar-refractivity contribution in [2.75, 3.05) is 7.11 Å². The number of rotatable bonds is 4. The Morgan fingerprint density at radius 1 is 1.18 bits per heavy atom. The summed E-state index contributed by atoms with van der Waals surface area (Å²) in [7, 11) is 1.32. The molecule has 1 saturated carbocycles. The number of Topliss-reactive ketones (excluding diaryl/α,β-unsaturated/α-hetero) is 1. The number of carbonyl (C=O) groups is 2. The van der Waals surface area contributed by atoms with Crippen molar-refractivity contribution in [2.24, 2.45) is 5.92 Å². The van der Waals surface area contributed by atoms with Crippen LogP contribution in [0.5, 0.6) is 11.6 Å². The largest absolute Gasteiger partial charge is 0.481 e. The van der Waals surface area contributed by atoms with Gasteiger partial charge in [-0.2, -0.15) is 0 Å². The van der Waals surface area contributed by atoms with Crippen molar-refractivity contribution >= 4 is 39.3 Å². The lowest BCUT2D eigenvalue weighted by Crippen LogP contribution is -2.50. The molecule has 9 heteroatoms. The summed E-state index contributed by atoms with van der Waals surface area (Å²) >= 11 is 9.55. The summed E-state index contributed by atoms with van der Waals surface area (Å²) in [5.41, 5.74) is -3.29. The molecule has 4 atom stereocenters. The number of hydrogen-bond acceptors (Lipinski definition) is 6. The van der Waals surface area contributed by atoms with Crippen LogP contribution in [0.25, 0.3) is 0 Å². The van der Waals surface area contributed by atoms with Crippen LogP contribution in [0.3, 0.4) is 0 Å². The van der Waals surface area contributed by atoms with Crippen molar-refractivity contribution in [1.29, 1.82) is 0 Å². The monoisotopic (exact) mass is 529 g/mol. The number of hydrogen-bond donors (Lipinski definition) is 2. The number of methoxy groups -OCH3 is 1. The molecule has 0 radical (unpaired) electrons. The van der Waals surface area contributed by atoms with Gasteiger partial charge in [-0.05, 0) is 23.3 Å². The third kappa shape index (κ3) is 2.81. The molecule has 0 spiro atoms. The molecule has 33 heavy (non-hydrogen) atoms. The van der Waals surface area contributed by atoms with E-state index in [1.165, 1.54) is 13.2 Å². The zero-order valence-electron chi connectivity index (χ0n) is 17.2. The molecule has 0 bridgehead atoms. The minimum atomic E-state index is -2.40. The summed E-state index contributed by atoms with van der Waals surface area (Å²) in [4.78, 5) is 30.4. The van der Waals surface area contributed by atoms with E-state index in [1.54, 1.807) is 54.6 Å². The molecule has 0 saturated heterocycles. The minimum absolute atomic E-state index is 0.0352. The number of aliphatic carboxylic acids is 1. The number of fused-ring (bicyclic) bond motifs is 3. The summed E-state index contributed by atoms with van der Waals surface area (Å²) in [6, 6.07) is 16.9. The summed E-state index contributed by atoms with van der Waals surface area (Å²) in [5.74, 6) is -4.92. The van der Waals surface area contributed by atoms with Crippen molar-refractivity contribution < 1.29 is 29.3 Å². The third-order valence-electron chi connectivity index (χ3n) is 6.39. The normalized spacial score (nSPS) is 27.6. The van der Waals surface area contributed by atoms with Crippen molar-refractivity contribution in [3.63, 3.8) is 0 Å². The molecule has 1 fully saturated rings. The van der Waals surface area contributed by atoms with Crippen LogP contribution >= 0.6 is 27.5 Å². The van der Waals surface area contributed by atoms with E-state index in [0.29, 0.717) is 11.1 Å². The average molecular weight is 531 g/mol. The molecule has 7 nitrogen and oxygen atoms in total. The van der Waals surface area contributed by atoms with Gasteiger partial charge in [0.25, 0.3) is 0 Å². The molecule has 5 rings (SSSR count). The van der Waals surface area contributed by atoms with E-state index in [0.717, 1.165) is 4.47 Å². The molecule has 1 aliphatic carbocycles. The van der Waals surface area contributed by atoms with Crippen molar-refractivity contribution in [1.82, 2.24) is 4.98 Å². The van der Waals surface area contributed by atoms with Gasteiger partial charge in [0, 0.05) is 10.5 Å². The molecule has 1 aromatic heterocycles. The lowest BCUT2D eigenvalue weighted by Gasteiger charge is -2.39. The number of aromatic nitrogens is 1. The van der Waals surface area contributed by atoms with Crippen molar-refractivity contribution in [2.45, 2.75) is 17.1 Å². The van der Waals surface area contributed by atoms with Crippen LogP contribution in [0.15, 0.2) is 65.1 Å². The van der Waals surface area contributed by atoms with Gasteiger partial charge < -0.3 is 19.7 Å². The highest BCUT2D eigenvalue weighted by molar-refractivity contribution is 9.10. The third-order valence-corrected chi connectivity index (χ3v) is 7.11. The number of carboxylic acids is 1. The van der Waals surface area contributed by atoms with E-state index in [2.05, 4.69) is 20.9 Å². The van der Waals surface area contributed by atoms with Crippen LogP contribution in [-0.2, 0) is 20.8 Å². The lowest BCUT2D eigenvalue weighted by molar-refractivity contribution is -0.154. The van der Waals surface area contributed by atoms with Crippen LogP contribution in [0.2, 0.25) is 5.15 Å². The Kier molecular flexibility index (Phi) is 5.00. The zero-order chi connectivity index (χ0) is 23.5. The van der Waals surface area contributed by atoms with Gasteiger partial charge in [-0.3, -0.25) is 9.59 Å². The number of nitrogens with zero attached hydrogens (tertiary/aromatic N) is 1. The van der Waals surface area contributed by atoms with E-state index in [1.807, 2.05) is 0 Å². The summed E-state index contributed by atoms with van der Waals surface area (Å²) in [5, 5.41) is 22.5. The average Bonchev–Trinajstić information content (AvgIpc) is 3.17. The predicted octanol–water partition coefficient (Wildman–Crippen LogP) is 4.05. The van der Waals surface area contributed by atoms with Crippen LogP contribution in [0.1, 0.15) is 22.6 Å². The summed E-state index contributed by atoms with van der Waals surface area (Å²) < 4.78 is 12.6. The van der Waals surface area contributed by atoms with Crippen LogP contribution in [-0.4, -0.2) is 34.1 Å². The Morgan fingerprint density at radius 3 is 2.45 bits per heavy atom. The van der Waals surface area contributed by atoms with E-state index >= 15 is 0 Å². The molecule has 0 unspecified atom stereocenters. The molecular formula is C24H17BrClNO6. The second-order valence-electron chi connectivity index (χ2n) is 7.95. The first-order valence-corrected chi connectivity index (χ1v) is 11.2. The highest BCUT2D eigenvalue weighted by atomic mass is 79.9. The molecule has 1 aliphatic heterocycles. The van der Waals surface area contributed by atoms with Gasteiger partial charge in [-0.15, -0.1) is 0 Å². The number of benzene rings is 2. The van der Waals surface area contributed by atoms with Crippen molar-refractivity contribution in [3.05, 3.63) is 87.0 Å². The lowest BCUT2D eigenvalue weighted by atomic mass is 9.71. The van der Waals surface area contributed by atoms with Gasteiger partial charge in [0.05, 0.1) is 18.6 Å². The number of pyridine rings is 1. The molecule has 2 aromatic carbocycles. The number of carboxylic acid groups (broad SMARTS) is 1. The first-order chi connectivity index (χ1) is 15.8. The fourth-order valence-corrected chi connectivity index (χ4v) is 5.60. The molecule has 0 amide bonds. The number of ether oxygens (including phenoxy) is 2. The molecule has 2 N–H and O–H groups in total. The van der Waals surface area contributed by atoms with E-state index in [9.17, 15) is 19.8 Å². The van der Waals surface area contributed by atoms with E-state index in [-0.39, 0.29) is 22.3 Å². The van der Waals surface area contributed by atoms with E-state index in [4.69, 9.17) is 21.1 Å². The highest BCUT2D eigenvalue weighted by Gasteiger charge is 2.79. The molecule has 2 aliphatic rings. The fourth-order valence-electron chi connectivity index (χ4n) is 5.16. The molecular weight excluding hydrogens is 514 g/mol. The van der Waals surface area contributed by atoms with Crippen LogP contribution in [0.4, 0.5) is 0 Å². The van der Waals surface area contributed by atoms with Gasteiger partial charge in [-0.1, -0.05) is 70.0 Å². The zero-order valence-corrected chi connectivity index (χ0v) is 19.5. The minimum Gasteiger partial charge on any atom is -0.481 e. The predicted molar refractivity (Wildman–Crippen MR) is 121 cm³/mol.